The van der Waals surface area contributed by atoms with Crippen LogP contribution in [0.1, 0.15) is 60.8 Å². The number of nitrogens with zero attached hydrogens (tertiary/aromatic N) is 4. The molecule has 0 saturated heterocycles. The highest BCUT2D eigenvalue weighted by atomic mass is 16.6. The molecular formula is C24H24N4O9. The molecule has 4 fully saturated rings. The minimum absolute atomic E-state index is 0.0679. The quantitative estimate of drug-likeness (QED) is 0.416. The number of nitro benzene ring substituents is 4. The Kier molecular flexibility index (Phi) is 5.17. The van der Waals surface area contributed by atoms with Crippen LogP contribution in [0.4, 0.5) is 22.7 Å². The van der Waals surface area contributed by atoms with Gasteiger partial charge in [-0.2, -0.15) is 0 Å². The van der Waals surface area contributed by atoms with E-state index in [1.165, 1.54) is 38.1 Å². The topological polar surface area (TPSA) is 193 Å². The summed E-state index contributed by atoms with van der Waals surface area (Å²) in [6, 6.07) is 5.36. The van der Waals surface area contributed by atoms with Gasteiger partial charge in [0.1, 0.15) is 11.1 Å². The van der Waals surface area contributed by atoms with Gasteiger partial charge in [-0.15, -0.1) is 0 Å². The van der Waals surface area contributed by atoms with Crippen LogP contribution in [0.2, 0.25) is 0 Å². The molecule has 4 bridgehead atoms. The van der Waals surface area contributed by atoms with Gasteiger partial charge in [-0.1, -0.05) is 0 Å². The van der Waals surface area contributed by atoms with Gasteiger partial charge >= 0.3 is 0 Å². The van der Waals surface area contributed by atoms with E-state index in [9.17, 15) is 45.6 Å². The number of aliphatic hydroxyl groups is 1. The van der Waals surface area contributed by atoms with E-state index in [1.54, 1.807) is 0 Å². The van der Waals surface area contributed by atoms with Crippen LogP contribution < -0.4 is 0 Å². The zero-order chi connectivity index (χ0) is 27.1. The van der Waals surface area contributed by atoms with Gasteiger partial charge < -0.3 is 5.11 Å². The number of hydrogen-bond acceptors (Lipinski definition) is 9. The van der Waals surface area contributed by atoms with Crippen molar-refractivity contribution in [3.8, 4) is 0 Å². The maximum atomic E-state index is 11.8. The molecule has 194 valence electrons. The van der Waals surface area contributed by atoms with Crippen LogP contribution in [0, 0.1) is 60.2 Å². The molecule has 4 aliphatic carbocycles. The van der Waals surface area contributed by atoms with Crippen LogP contribution in [0.5, 0.6) is 0 Å². The molecule has 1 N–H and O–H groups in total. The van der Waals surface area contributed by atoms with Crippen molar-refractivity contribution >= 4 is 22.7 Å². The summed E-state index contributed by atoms with van der Waals surface area (Å²) < 4.78 is 0. The van der Waals surface area contributed by atoms with E-state index in [4.69, 9.17) is 0 Å². The first-order valence-electron chi connectivity index (χ1n) is 11.8. The number of hydrogen-bond donors (Lipinski definition) is 1. The number of benzene rings is 2. The van der Waals surface area contributed by atoms with Crippen molar-refractivity contribution in [1.29, 1.82) is 0 Å². The summed E-state index contributed by atoms with van der Waals surface area (Å²) in [5.74, 6) is -0.0694. The molecule has 37 heavy (non-hydrogen) atoms. The highest BCUT2D eigenvalue weighted by Gasteiger charge is 2.64. The van der Waals surface area contributed by atoms with Gasteiger partial charge in [0.2, 0.25) is 0 Å². The second kappa shape index (κ2) is 7.75. The van der Waals surface area contributed by atoms with Crippen molar-refractivity contribution < 1.29 is 24.8 Å². The fourth-order valence-corrected chi connectivity index (χ4v) is 7.77. The van der Waals surface area contributed by atoms with E-state index < -0.39 is 36.1 Å². The summed E-state index contributed by atoms with van der Waals surface area (Å²) in [7, 11) is 0. The van der Waals surface area contributed by atoms with Crippen molar-refractivity contribution in [1.82, 2.24) is 0 Å². The molecule has 13 nitrogen and oxygen atoms in total. The Balaban J connectivity index is 1.73. The monoisotopic (exact) mass is 512 g/mol. The molecule has 0 amide bonds. The highest BCUT2D eigenvalue weighted by Crippen LogP contribution is 2.68. The standard InChI is InChI=1S/C24H24N4O9/c1-13-18(25(30)31)3-16(4-19(13)26(32)33)22-7-15-8-23(10-22,12-24(29,9-15)11-22)17-5-20(27(34)35)14(2)21(6-17)28(36)37/h3-6,15,29H,7-12H2,1-2H3/t15?,22-,23-,24?/m0/s1. The van der Waals surface area contributed by atoms with E-state index in [2.05, 4.69) is 0 Å². The van der Waals surface area contributed by atoms with E-state index in [-0.39, 0.29) is 52.6 Å². The second-order valence-electron chi connectivity index (χ2n) is 11.1. The van der Waals surface area contributed by atoms with E-state index in [0.717, 1.165) is 0 Å². The molecule has 6 rings (SSSR count). The molecule has 0 unspecified atom stereocenters. The average molecular weight is 512 g/mol. The van der Waals surface area contributed by atoms with Crippen LogP contribution in [-0.4, -0.2) is 30.4 Å². The van der Waals surface area contributed by atoms with Crippen molar-refractivity contribution in [2.75, 3.05) is 0 Å². The van der Waals surface area contributed by atoms with E-state index >= 15 is 0 Å². The van der Waals surface area contributed by atoms with Gasteiger partial charge in [0.05, 0.1) is 25.3 Å². The van der Waals surface area contributed by atoms with Gasteiger partial charge in [-0.3, -0.25) is 40.5 Å². The Morgan fingerprint density at radius 3 is 1.24 bits per heavy atom. The molecule has 0 spiro atoms. The van der Waals surface area contributed by atoms with Gasteiger partial charge in [0, 0.05) is 24.3 Å². The molecule has 4 aliphatic rings. The van der Waals surface area contributed by atoms with Crippen molar-refractivity contribution in [3.05, 3.63) is 87.0 Å². The largest absolute Gasteiger partial charge is 0.390 e. The Morgan fingerprint density at radius 1 is 0.649 bits per heavy atom. The number of rotatable bonds is 6. The third-order valence-electron chi connectivity index (χ3n) is 8.76. The lowest BCUT2D eigenvalue weighted by atomic mass is 9.40. The van der Waals surface area contributed by atoms with Gasteiger partial charge in [-0.25, -0.2) is 0 Å². The third kappa shape index (κ3) is 3.64. The van der Waals surface area contributed by atoms with Crippen LogP contribution in [0.15, 0.2) is 24.3 Å². The van der Waals surface area contributed by atoms with Crippen molar-refractivity contribution in [3.63, 3.8) is 0 Å². The Labute approximate surface area is 209 Å². The number of nitro groups is 4. The summed E-state index contributed by atoms with van der Waals surface area (Å²) in [5, 5.41) is 58.7. The maximum absolute atomic E-state index is 11.8. The minimum Gasteiger partial charge on any atom is -0.390 e. The van der Waals surface area contributed by atoms with Crippen LogP contribution >= 0.6 is 0 Å². The molecule has 2 aromatic carbocycles. The average Bonchev–Trinajstić information content (AvgIpc) is 2.76. The highest BCUT2D eigenvalue weighted by molar-refractivity contribution is 5.60. The SMILES string of the molecule is Cc1c([N+](=O)[O-])cc([C@]23CC4CC(O)(C2)C[C@](c2cc([N+](=O)[O-])c(C)c([N+](=O)[O-])c2)(C4)C3)cc1[N+](=O)[O-]. The summed E-state index contributed by atoms with van der Waals surface area (Å²) in [4.78, 5) is 44.4. The molecule has 0 heterocycles. The van der Waals surface area contributed by atoms with E-state index in [0.29, 0.717) is 36.8 Å². The lowest BCUT2D eigenvalue weighted by Crippen LogP contribution is -2.63. The molecule has 0 radical (unpaired) electrons. The Hall–Kier alpha value is -4.00. The van der Waals surface area contributed by atoms with Crippen LogP contribution in [0.3, 0.4) is 0 Å². The molecule has 13 heteroatoms. The summed E-state index contributed by atoms with van der Waals surface area (Å²) in [6.07, 6.45) is 2.28. The van der Waals surface area contributed by atoms with E-state index in [1.807, 2.05) is 0 Å². The fraction of sp³-hybridized carbons (Fsp3) is 0.500. The molecule has 4 saturated carbocycles. The molecule has 0 aromatic heterocycles. The van der Waals surface area contributed by atoms with Crippen molar-refractivity contribution in [2.45, 2.75) is 68.8 Å². The molecule has 2 atom stereocenters. The summed E-state index contributed by atoms with van der Waals surface area (Å²) >= 11 is 0. The summed E-state index contributed by atoms with van der Waals surface area (Å²) in [5.41, 5.74) is -3.89. The first-order valence-corrected chi connectivity index (χ1v) is 11.8. The molecule has 2 aromatic rings. The predicted octanol–water partition coefficient (Wildman–Crippen LogP) is 4.84. The smallest absolute Gasteiger partial charge is 0.279 e. The first-order chi connectivity index (χ1) is 17.2. The van der Waals surface area contributed by atoms with Crippen LogP contribution in [0.25, 0.3) is 0 Å². The lowest BCUT2D eigenvalue weighted by molar-refractivity contribution is -0.395. The normalized spacial score (nSPS) is 29.8. The van der Waals surface area contributed by atoms with Crippen molar-refractivity contribution in [2.24, 2.45) is 5.92 Å². The second-order valence-corrected chi connectivity index (χ2v) is 11.1. The van der Waals surface area contributed by atoms with Gasteiger partial charge in [0.25, 0.3) is 22.7 Å². The fourth-order valence-electron chi connectivity index (χ4n) is 7.77. The Bertz CT molecular complexity index is 1250. The van der Waals surface area contributed by atoms with Gasteiger partial charge in [0.15, 0.2) is 0 Å². The first kappa shape index (κ1) is 24.7. The van der Waals surface area contributed by atoms with Gasteiger partial charge in [-0.05, 0) is 80.2 Å². The lowest BCUT2D eigenvalue weighted by Gasteiger charge is -2.65. The zero-order valence-electron chi connectivity index (χ0n) is 20.1. The minimum atomic E-state index is -1.22. The predicted molar refractivity (Wildman–Crippen MR) is 128 cm³/mol. The molecular weight excluding hydrogens is 488 g/mol. The summed E-state index contributed by atoms with van der Waals surface area (Å²) in [6.45, 7) is 2.64. The zero-order valence-corrected chi connectivity index (χ0v) is 20.1. The van der Waals surface area contributed by atoms with Crippen LogP contribution in [-0.2, 0) is 10.8 Å². The maximum Gasteiger partial charge on any atom is 0.279 e. The molecule has 0 aliphatic heterocycles. The third-order valence-corrected chi connectivity index (χ3v) is 8.76. The Morgan fingerprint density at radius 2 is 0.973 bits per heavy atom.